The molecule has 1 aliphatic rings. The highest BCUT2D eigenvalue weighted by atomic mass is 32.2. The zero-order valence-electron chi connectivity index (χ0n) is 16.1. The molecule has 1 saturated heterocycles. The van der Waals surface area contributed by atoms with Gasteiger partial charge in [-0.15, -0.1) is 0 Å². The first kappa shape index (κ1) is 16.9. The van der Waals surface area contributed by atoms with Crippen molar-refractivity contribution in [1.82, 2.24) is 9.55 Å². The van der Waals surface area contributed by atoms with E-state index in [1.165, 1.54) is 32.8 Å². The van der Waals surface area contributed by atoms with E-state index in [-0.39, 0.29) is 0 Å². The van der Waals surface area contributed by atoms with E-state index >= 15 is 0 Å². The zero-order valence-corrected chi connectivity index (χ0v) is 16.9. The monoisotopic (exact) mass is 396 g/mol. The van der Waals surface area contributed by atoms with Crippen molar-refractivity contribution < 1.29 is 4.74 Å². The van der Waals surface area contributed by atoms with Gasteiger partial charge in [-0.25, -0.2) is 4.98 Å². The Kier molecular flexibility index (Phi) is 3.81. The van der Waals surface area contributed by atoms with Crippen molar-refractivity contribution in [3.63, 3.8) is 0 Å². The number of rotatable bonds is 4. The summed E-state index contributed by atoms with van der Waals surface area (Å²) < 4.78 is 8.10. The van der Waals surface area contributed by atoms with Crippen molar-refractivity contribution in [2.45, 2.75) is 5.25 Å². The van der Waals surface area contributed by atoms with Gasteiger partial charge in [0.15, 0.2) is 0 Å². The number of imidazole rings is 1. The molecule has 0 amide bonds. The lowest BCUT2D eigenvalue weighted by atomic mass is 10.00. The second-order valence-corrected chi connectivity index (χ2v) is 8.91. The predicted molar refractivity (Wildman–Crippen MR) is 123 cm³/mol. The van der Waals surface area contributed by atoms with Crippen LogP contribution in [0.25, 0.3) is 44.0 Å². The Morgan fingerprint density at radius 2 is 1.52 bits per heavy atom. The quantitative estimate of drug-likeness (QED) is 0.274. The number of thioether (sulfide) groups is 1. The standard InChI is InChI=1S/C25H20N2OS/c1-27-24-22-9-5-3-7-20(22)19-6-2-4-8-21(19)23(24)26-25(27)16-10-12-17(13-11-16)28-14-18-15-29-18/h2-13,18H,14-15H2,1H3. The molecule has 0 N–H and O–H groups in total. The van der Waals surface area contributed by atoms with Gasteiger partial charge in [0.2, 0.25) is 0 Å². The highest BCUT2D eigenvalue weighted by Crippen LogP contribution is 2.37. The third-order valence-electron chi connectivity index (χ3n) is 5.70. The second kappa shape index (κ2) is 6.53. The van der Waals surface area contributed by atoms with Gasteiger partial charge in [-0.3, -0.25) is 0 Å². The minimum Gasteiger partial charge on any atom is -0.492 e. The molecule has 6 rings (SSSR count). The molecule has 142 valence electrons. The third-order valence-corrected chi connectivity index (χ3v) is 6.64. The van der Waals surface area contributed by atoms with Gasteiger partial charge in [-0.1, -0.05) is 48.5 Å². The fourth-order valence-corrected chi connectivity index (χ4v) is 4.55. The molecule has 4 aromatic carbocycles. The number of fused-ring (bicyclic) bond motifs is 6. The maximum Gasteiger partial charge on any atom is 0.140 e. The van der Waals surface area contributed by atoms with Gasteiger partial charge in [0.05, 0.1) is 11.0 Å². The summed E-state index contributed by atoms with van der Waals surface area (Å²) in [6, 6.07) is 25.5. The molecule has 0 bridgehead atoms. The Hall–Kier alpha value is -2.98. The van der Waals surface area contributed by atoms with Crippen molar-refractivity contribution in [2.75, 3.05) is 12.4 Å². The molecule has 1 atom stereocenters. The van der Waals surface area contributed by atoms with Crippen LogP contribution in [0.15, 0.2) is 72.8 Å². The van der Waals surface area contributed by atoms with Crippen LogP contribution in [0.2, 0.25) is 0 Å². The first-order valence-electron chi connectivity index (χ1n) is 9.90. The lowest BCUT2D eigenvalue weighted by Crippen LogP contribution is -2.02. The van der Waals surface area contributed by atoms with Crippen LogP contribution in [0.1, 0.15) is 0 Å². The predicted octanol–water partition coefficient (Wildman–Crippen LogP) is 6.04. The lowest BCUT2D eigenvalue weighted by Gasteiger charge is -2.08. The van der Waals surface area contributed by atoms with Crippen LogP contribution < -0.4 is 4.74 Å². The van der Waals surface area contributed by atoms with Gasteiger partial charge in [-0.2, -0.15) is 11.8 Å². The molecule has 1 fully saturated rings. The smallest absolute Gasteiger partial charge is 0.140 e. The van der Waals surface area contributed by atoms with Crippen molar-refractivity contribution in [2.24, 2.45) is 7.05 Å². The fourth-order valence-electron chi connectivity index (χ4n) is 4.16. The molecule has 4 heteroatoms. The maximum absolute atomic E-state index is 5.88. The summed E-state index contributed by atoms with van der Waals surface area (Å²) >= 11 is 1.96. The molecular weight excluding hydrogens is 376 g/mol. The van der Waals surface area contributed by atoms with E-state index in [0.29, 0.717) is 5.25 Å². The highest BCUT2D eigenvalue weighted by Gasteiger charge is 2.23. The molecule has 2 heterocycles. The van der Waals surface area contributed by atoms with Crippen molar-refractivity contribution in [3.8, 4) is 17.1 Å². The topological polar surface area (TPSA) is 27.1 Å². The van der Waals surface area contributed by atoms with Gasteiger partial charge < -0.3 is 9.30 Å². The molecule has 0 saturated carbocycles. The van der Waals surface area contributed by atoms with E-state index in [1.54, 1.807) is 0 Å². The van der Waals surface area contributed by atoms with Crippen LogP contribution in [-0.2, 0) is 7.05 Å². The van der Waals surface area contributed by atoms with E-state index in [4.69, 9.17) is 9.72 Å². The van der Waals surface area contributed by atoms with Gasteiger partial charge in [0, 0.05) is 34.4 Å². The Labute approximate surface area is 173 Å². The summed E-state index contributed by atoms with van der Waals surface area (Å²) in [4.78, 5) is 5.09. The van der Waals surface area contributed by atoms with Crippen molar-refractivity contribution in [3.05, 3.63) is 72.8 Å². The third kappa shape index (κ3) is 2.78. The molecule has 5 aromatic rings. The molecule has 1 aliphatic heterocycles. The van der Waals surface area contributed by atoms with Crippen LogP contribution in [0.5, 0.6) is 5.75 Å². The summed E-state index contributed by atoms with van der Waals surface area (Å²) in [5.74, 6) is 3.13. The fraction of sp³-hybridized carbons (Fsp3) is 0.160. The summed E-state index contributed by atoms with van der Waals surface area (Å²) in [6.07, 6.45) is 0. The number of ether oxygens (including phenoxy) is 1. The molecular formula is C25H20N2OS. The lowest BCUT2D eigenvalue weighted by molar-refractivity contribution is 0.330. The van der Waals surface area contributed by atoms with E-state index in [2.05, 4.69) is 84.4 Å². The molecule has 0 radical (unpaired) electrons. The van der Waals surface area contributed by atoms with E-state index < -0.39 is 0 Å². The number of hydrogen-bond acceptors (Lipinski definition) is 3. The van der Waals surface area contributed by atoms with Crippen LogP contribution in [0.3, 0.4) is 0 Å². The van der Waals surface area contributed by atoms with Crippen molar-refractivity contribution in [1.29, 1.82) is 0 Å². The average molecular weight is 397 g/mol. The number of aryl methyl sites for hydroxylation is 1. The summed E-state index contributed by atoms with van der Waals surface area (Å²) in [6.45, 7) is 0.800. The first-order valence-corrected chi connectivity index (χ1v) is 11.0. The Bertz CT molecular complexity index is 1370. The van der Waals surface area contributed by atoms with Crippen LogP contribution in [0, 0.1) is 0 Å². The second-order valence-electron chi connectivity index (χ2n) is 7.57. The largest absolute Gasteiger partial charge is 0.492 e. The molecule has 3 nitrogen and oxygen atoms in total. The summed E-state index contributed by atoms with van der Waals surface area (Å²) in [5, 5.41) is 5.64. The normalized spacial score (nSPS) is 16.0. The van der Waals surface area contributed by atoms with Gasteiger partial charge in [0.1, 0.15) is 18.2 Å². The van der Waals surface area contributed by atoms with Crippen LogP contribution in [0.4, 0.5) is 0 Å². The number of nitrogens with zero attached hydrogens (tertiary/aromatic N) is 2. The SMILES string of the molecule is Cn1c(-c2ccc(OCC3CS3)cc2)nc2c3ccccc3c3ccccc3c21. The van der Waals surface area contributed by atoms with Crippen LogP contribution >= 0.6 is 11.8 Å². The zero-order chi connectivity index (χ0) is 19.4. The average Bonchev–Trinajstić information content (AvgIpc) is 3.54. The van der Waals surface area contributed by atoms with E-state index in [1.807, 2.05) is 11.8 Å². The molecule has 1 unspecified atom stereocenters. The van der Waals surface area contributed by atoms with Crippen molar-refractivity contribution >= 4 is 44.3 Å². The number of aromatic nitrogens is 2. The number of benzene rings is 4. The maximum atomic E-state index is 5.88. The minimum absolute atomic E-state index is 0.677. The van der Waals surface area contributed by atoms with Gasteiger partial charge >= 0.3 is 0 Å². The van der Waals surface area contributed by atoms with Crippen LogP contribution in [-0.4, -0.2) is 27.2 Å². The Morgan fingerprint density at radius 3 is 2.21 bits per heavy atom. The Balaban J connectivity index is 1.54. The summed E-state index contributed by atoms with van der Waals surface area (Å²) in [5.41, 5.74) is 3.34. The molecule has 0 spiro atoms. The number of hydrogen-bond donors (Lipinski definition) is 0. The molecule has 1 aromatic heterocycles. The highest BCUT2D eigenvalue weighted by molar-refractivity contribution is 8.06. The van der Waals surface area contributed by atoms with E-state index in [9.17, 15) is 0 Å². The first-order chi connectivity index (χ1) is 14.3. The summed E-state index contributed by atoms with van der Waals surface area (Å²) in [7, 11) is 2.11. The van der Waals surface area contributed by atoms with E-state index in [0.717, 1.165) is 29.3 Å². The molecule has 29 heavy (non-hydrogen) atoms. The van der Waals surface area contributed by atoms with Gasteiger partial charge in [-0.05, 0) is 35.0 Å². The molecule has 0 aliphatic carbocycles. The van der Waals surface area contributed by atoms with Gasteiger partial charge in [0.25, 0.3) is 0 Å². The Morgan fingerprint density at radius 1 is 0.897 bits per heavy atom. The minimum atomic E-state index is 0.677.